The topological polar surface area (TPSA) is 52.1 Å². The highest BCUT2D eigenvalue weighted by Gasteiger charge is 2.18. The van der Waals surface area contributed by atoms with E-state index in [1.54, 1.807) is 0 Å². The Balaban J connectivity index is 1.72. The molecule has 1 aromatic carbocycles. The number of thioether (sulfide) groups is 1. The summed E-state index contributed by atoms with van der Waals surface area (Å²) >= 11 is 1.64. The van der Waals surface area contributed by atoms with Gasteiger partial charge in [0.1, 0.15) is 16.6 Å². The minimum atomic E-state index is -2.65. The van der Waals surface area contributed by atoms with E-state index in [0.29, 0.717) is 5.01 Å². The Labute approximate surface area is 138 Å². The summed E-state index contributed by atoms with van der Waals surface area (Å²) < 4.78 is 31.2. The Hall–Kier alpha value is -2.06. The van der Waals surface area contributed by atoms with Crippen molar-refractivity contribution >= 4 is 39.3 Å². The molecule has 0 aliphatic carbocycles. The molecule has 0 spiro atoms. The normalized spacial score (nSPS) is 11.1. The lowest BCUT2D eigenvalue weighted by Gasteiger charge is -2.06. The van der Waals surface area contributed by atoms with Gasteiger partial charge in [-0.05, 0) is 36.0 Å². The minimum absolute atomic E-state index is 0.00808. The van der Waals surface area contributed by atoms with Gasteiger partial charge in [0.15, 0.2) is 0 Å². The Morgan fingerprint density at radius 1 is 1.26 bits per heavy atom. The lowest BCUT2D eigenvalue weighted by molar-refractivity contribution is 0.0467. The number of carbonyl (C=O) groups is 1. The van der Waals surface area contributed by atoms with Gasteiger partial charge in [-0.3, -0.25) is 0 Å². The molecular weight excluding hydrogens is 342 g/mol. The van der Waals surface area contributed by atoms with Crippen LogP contribution in [0.1, 0.15) is 15.4 Å². The first kappa shape index (κ1) is 15.8. The number of ether oxygens (including phenoxy) is 1. The molecule has 0 unspecified atom stereocenters. The number of thiazole rings is 1. The molecule has 23 heavy (non-hydrogen) atoms. The first-order valence-corrected chi connectivity index (χ1v) is 8.24. The van der Waals surface area contributed by atoms with E-state index >= 15 is 0 Å². The van der Waals surface area contributed by atoms with E-state index in [1.165, 1.54) is 29.7 Å². The first-order chi connectivity index (χ1) is 11.1. The van der Waals surface area contributed by atoms with E-state index in [0.717, 1.165) is 10.2 Å². The van der Waals surface area contributed by atoms with Crippen molar-refractivity contribution in [2.24, 2.45) is 0 Å². The van der Waals surface area contributed by atoms with Gasteiger partial charge < -0.3 is 4.74 Å². The molecular formula is C15H10F2N2O2S2. The number of alkyl halides is 2. The number of hydrogen-bond donors (Lipinski definition) is 0. The van der Waals surface area contributed by atoms with E-state index in [-0.39, 0.29) is 29.0 Å². The highest BCUT2D eigenvalue weighted by Crippen LogP contribution is 2.27. The lowest BCUT2D eigenvalue weighted by atomic mass is 10.3. The average Bonchev–Trinajstić information content (AvgIpc) is 2.95. The van der Waals surface area contributed by atoms with Crippen molar-refractivity contribution in [3.63, 3.8) is 0 Å². The van der Waals surface area contributed by atoms with Gasteiger partial charge in [0.2, 0.25) is 0 Å². The SMILES string of the molecule is O=C(OCc1nc2ccccc2s1)c1cccnc1SC(F)F. The van der Waals surface area contributed by atoms with E-state index in [4.69, 9.17) is 4.74 Å². The van der Waals surface area contributed by atoms with Gasteiger partial charge in [-0.2, -0.15) is 8.78 Å². The largest absolute Gasteiger partial charge is 0.455 e. The van der Waals surface area contributed by atoms with Crippen molar-refractivity contribution < 1.29 is 18.3 Å². The second kappa shape index (κ2) is 7.01. The van der Waals surface area contributed by atoms with Crippen LogP contribution in [-0.4, -0.2) is 21.7 Å². The number of hydrogen-bond acceptors (Lipinski definition) is 6. The van der Waals surface area contributed by atoms with Crippen molar-refractivity contribution in [1.82, 2.24) is 9.97 Å². The number of benzene rings is 1. The van der Waals surface area contributed by atoms with E-state index < -0.39 is 11.7 Å². The van der Waals surface area contributed by atoms with Gasteiger partial charge >= 0.3 is 5.97 Å². The summed E-state index contributed by atoms with van der Waals surface area (Å²) in [7, 11) is 0. The van der Waals surface area contributed by atoms with Crippen LogP contribution in [0.2, 0.25) is 0 Å². The number of fused-ring (bicyclic) bond motifs is 1. The summed E-state index contributed by atoms with van der Waals surface area (Å²) in [6, 6.07) is 10.5. The summed E-state index contributed by atoms with van der Waals surface area (Å²) in [6.45, 7) is -0.00808. The Morgan fingerprint density at radius 2 is 2.09 bits per heavy atom. The van der Waals surface area contributed by atoms with Crippen LogP contribution in [0.25, 0.3) is 10.2 Å². The Kier molecular flexibility index (Phi) is 4.82. The third-order valence-electron chi connectivity index (χ3n) is 2.86. The molecule has 0 aliphatic rings. The van der Waals surface area contributed by atoms with Crippen molar-refractivity contribution in [1.29, 1.82) is 0 Å². The zero-order valence-corrected chi connectivity index (χ0v) is 13.2. The van der Waals surface area contributed by atoms with Crippen LogP contribution in [-0.2, 0) is 11.3 Å². The number of esters is 1. The van der Waals surface area contributed by atoms with Crippen LogP contribution in [0.4, 0.5) is 8.78 Å². The summed E-state index contributed by atoms with van der Waals surface area (Å²) in [5.74, 6) is -3.35. The summed E-state index contributed by atoms with van der Waals surface area (Å²) in [5.41, 5.74) is 0.859. The molecule has 3 aromatic rings. The minimum Gasteiger partial charge on any atom is -0.455 e. The van der Waals surface area contributed by atoms with Crippen LogP contribution in [0.5, 0.6) is 0 Å². The second-order valence-electron chi connectivity index (χ2n) is 4.39. The standard InChI is InChI=1S/C15H10F2N2O2S2/c16-15(17)23-13-9(4-3-7-18-13)14(20)21-8-12-19-10-5-1-2-6-11(10)22-12/h1-7,15H,8H2. The smallest absolute Gasteiger partial charge is 0.341 e. The zero-order valence-electron chi connectivity index (χ0n) is 11.6. The van der Waals surface area contributed by atoms with Crippen LogP contribution in [0.15, 0.2) is 47.6 Å². The van der Waals surface area contributed by atoms with Crippen LogP contribution in [0, 0.1) is 0 Å². The fraction of sp³-hybridized carbons (Fsp3) is 0.133. The van der Waals surface area contributed by atoms with Crippen LogP contribution >= 0.6 is 23.1 Å². The van der Waals surface area contributed by atoms with Crippen molar-refractivity contribution in [3.8, 4) is 0 Å². The number of halogens is 2. The molecule has 0 saturated carbocycles. The molecule has 0 N–H and O–H groups in total. The quantitative estimate of drug-likeness (QED) is 0.504. The molecule has 4 nitrogen and oxygen atoms in total. The molecule has 0 radical (unpaired) electrons. The predicted molar refractivity (Wildman–Crippen MR) is 84.8 cm³/mol. The number of rotatable bonds is 5. The highest BCUT2D eigenvalue weighted by atomic mass is 32.2. The van der Waals surface area contributed by atoms with Gasteiger partial charge in [0.05, 0.1) is 15.8 Å². The van der Waals surface area contributed by atoms with E-state index in [1.807, 2.05) is 24.3 Å². The van der Waals surface area contributed by atoms with Crippen LogP contribution < -0.4 is 0 Å². The highest BCUT2D eigenvalue weighted by molar-refractivity contribution is 7.99. The molecule has 0 amide bonds. The fourth-order valence-corrected chi connectivity index (χ4v) is 3.36. The Morgan fingerprint density at radius 3 is 2.87 bits per heavy atom. The predicted octanol–water partition coefficient (Wildman–Crippen LogP) is 4.36. The third kappa shape index (κ3) is 3.83. The molecule has 0 bridgehead atoms. The monoisotopic (exact) mass is 352 g/mol. The number of pyridine rings is 1. The number of nitrogens with zero attached hydrogens (tertiary/aromatic N) is 2. The molecule has 0 aliphatic heterocycles. The van der Waals surface area contributed by atoms with Crippen molar-refractivity contribution in [3.05, 3.63) is 53.2 Å². The van der Waals surface area contributed by atoms with Gasteiger partial charge in [-0.25, -0.2) is 14.8 Å². The summed E-state index contributed by atoms with van der Waals surface area (Å²) in [4.78, 5) is 20.2. The molecule has 0 fully saturated rings. The van der Waals surface area contributed by atoms with E-state index in [2.05, 4.69) is 9.97 Å². The lowest BCUT2D eigenvalue weighted by Crippen LogP contribution is -2.08. The molecule has 118 valence electrons. The fourth-order valence-electron chi connectivity index (χ4n) is 1.91. The zero-order chi connectivity index (χ0) is 16.2. The first-order valence-electron chi connectivity index (χ1n) is 6.55. The van der Waals surface area contributed by atoms with Gasteiger partial charge in [0, 0.05) is 6.20 Å². The van der Waals surface area contributed by atoms with E-state index in [9.17, 15) is 13.6 Å². The maximum absolute atomic E-state index is 12.5. The van der Waals surface area contributed by atoms with Crippen molar-refractivity contribution in [2.75, 3.05) is 0 Å². The molecule has 2 aromatic heterocycles. The van der Waals surface area contributed by atoms with Gasteiger partial charge in [-0.1, -0.05) is 12.1 Å². The third-order valence-corrected chi connectivity index (χ3v) is 4.59. The van der Waals surface area contributed by atoms with Crippen LogP contribution in [0.3, 0.4) is 0 Å². The molecule has 8 heteroatoms. The second-order valence-corrected chi connectivity index (χ2v) is 6.48. The number of carbonyl (C=O) groups excluding carboxylic acids is 1. The summed E-state index contributed by atoms with van der Waals surface area (Å²) in [5, 5.41) is 0.600. The maximum atomic E-state index is 12.5. The Bertz CT molecular complexity index is 806. The van der Waals surface area contributed by atoms with Crippen molar-refractivity contribution in [2.45, 2.75) is 17.4 Å². The van der Waals surface area contributed by atoms with Gasteiger partial charge in [0.25, 0.3) is 5.76 Å². The molecule has 3 rings (SSSR count). The maximum Gasteiger partial charge on any atom is 0.341 e. The molecule has 0 saturated heterocycles. The van der Waals surface area contributed by atoms with Gasteiger partial charge in [-0.15, -0.1) is 11.3 Å². The molecule has 0 atom stereocenters. The average molecular weight is 352 g/mol. The number of aromatic nitrogens is 2. The molecule has 2 heterocycles. The summed E-state index contributed by atoms with van der Waals surface area (Å²) in [6.07, 6.45) is 1.36. The number of para-hydroxylation sites is 1.